The number of sulfonamides is 1. The van der Waals surface area contributed by atoms with E-state index >= 15 is 0 Å². The quantitative estimate of drug-likeness (QED) is 0.762. The van der Waals surface area contributed by atoms with Crippen molar-refractivity contribution in [2.24, 2.45) is 0 Å². The molecule has 2 heterocycles. The number of H-pyrrole nitrogens is 1. The lowest BCUT2D eigenvalue weighted by Gasteiger charge is -2.33. The maximum atomic E-state index is 13.7. The summed E-state index contributed by atoms with van der Waals surface area (Å²) in [5, 5.41) is 3.19. The number of nitrogens with zero attached hydrogens (tertiary/aromatic N) is 1. The van der Waals surface area contributed by atoms with E-state index in [-0.39, 0.29) is 28.2 Å². The molecule has 25 heavy (non-hydrogen) atoms. The van der Waals surface area contributed by atoms with Crippen LogP contribution in [0.1, 0.15) is 17.4 Å². The van der Waals surface area contributed by atoms with Crippen LogP contribution in [0.2, 0.25) is 0 Å². The molecule has 2 aromatic rings. The van der Waals surface area contributed by atoms with Crippen molar-refractivity contribution in [1.29, 1.82) is 0 Å². The van der Waals surface area contributed by atoms with Crippen LogP contribution in [0.25, 0.3) is 0 Å². The Morgan fingerprint density at radius 2 is 2.12 bits per heavy atom. The molecule has 0 radical (unpaired) electrons. The van der Waals surface area contributed by atoms with E-state index in [1.165, 1.54) is 30.5 Å². The molecular weight excluding hydrogens is 347 g/mol. The van der Waals surface area contributed by atoms with Gasteiger partial charge < -0.3 is 15.2 Å². The molecular formula is C16H19FN4O3S. The number of carbonyl (C=O) groups is 1. The summed E-state index contributed by atoms with van der Waals surface area (Å²) in [6, 6.07) is 6.76. The van der Waals surface area contributed by atoms with E-state index in [0.717, 1.165) is 6.07 Å². The van der Waals surface area contributed by atoms with Gasteiger partial charge in [0, 0.05) is 31.9 Å². The molecule has 1 amide bonds. The lowest BCUT2D eigenvalue weighted by molar-refractivity contribution is 0.0650. The number of piperazine rings is 1. The first-order valence-corrected chi connectivity index (χ1v) is 9.34. The van der Waals surface area contributed by atoms with Gasteiger partial charge in [0.15, 0.2) is 0 Å². The highest BCUT2D eigenvalue weighted by molar-refractivity contribution is 7.92. The fraction of sp³-hybridized carbons (Fsp3) is 0.312. The molecule has 7 nitrogen and oxygen atoms in total. The van der Waals surface area contributed by atoms with Crippen molar-refractivity contribution in [2.45, 2.75) is 17.9 Å². The number of nitrogens with one attached hydrogen (secondary N) is 3. The molecule has 9 heteroatoms. The van der Waals surface area contributed by atoms with Gasteiger partial charge in [0.25, 0.3) is 15.9 Å². The van der Waals surface area contributed by atoms with Gasteiger partial charge in [0.05, 0.1) is 5.69 Å². The van der Waals surface area contributed by atoms with Crippen LogP contribution in [0.5, 0.6) is 0 Å². The minimum absolute atomic E-state index is 0.0150. The molecule has 3 N–H and O–H groups in total. The number of halogens is 1. The van der Waals surface area contributed by atoms with Crippen LogP contribution < -0.4 is 10.0 Å². The zero-order valence-electron chi connectivity index (χ0n) is 13.6. The Balaban J connectivity index is 1.80. The average molecular weight is 366 g/mol. The first-order chi connectivity index (χ1) is 11.9. The second-order valence-corrected chi connectivity index (χ2v) is 7.57. The lowest BCUT2D eigenvalue weighted by atomic mass is 10.2. The van der Waals surface area contributed by atoms with E-state index in [2.05, 4.69) is 15.0 Å². The summed E-state index contributed by atoms with van der Waals surface area (Å²) in [6.45, 7) is 3.85. The van der Waals surface area contributed by atoms with E-state index in [1.54, 1.807) is 4.90 Å². The fourth-order valence-electron chi connectivity index (χ4n) is 2.70. The number of amides is 1. The van der Waals surface area contributed by atoms with Gasteiger partial charge in [-0.15, -0.1) is 0 Å². The fourth-order valence-corrected chi connectivity index (χ4v) is 3.76. The van der Waals surface area contributed by atoms with E-state index in [0.29, 0.717) is 19.6 Å². The molecule has 0 bridgehead atoms. The molecule has 0 saturated carbocycles. The summed E-state index contributed by atoms with van der Waals surface area (Å²) < 4.78 is 40.6. The van der Waals surface area contributed by atoms with Gasteiger partial charge >= 0.3 is 0 Å². The van der Waals surface area contributed by atoms with Gasteiger partial charge in [-0.3, -0.25) is 9.52 Å². The monoisotopic (exact) mass is 366 g/mol. The minimum Gasteiger partial charge on any atom is -0.356 e. The number of benzene rings is 1. The van der Waals surface area contributed by atoms with Crippen LogP contribution in [0, 0.1) is 5.82 Å². The first kappa shape index (κ1) is 17.4. The third-order valence-corrected chi connectivity index (χ3v) is 5.42. The Morgan fingerprint density at radius 3 is 2.84 bits per heavy atom. The smallest absolute Gasteiger partial charge is 0.270 e. The molecule has 1 aromatic carbocycles. The molecule has 1 aliphatic heterocycles. The van der Waals surface area contributed by atoms with Crippen LogP contribution in [-0.2, 0) is 10.0 Å². The van der Waals surface area contributed by atoms with Gasteiger partial charge in [-0.1, -0.05) is 12.1 Å². The van der Waals surface area contributed by atoms with Crippen molar-refractivity contribution in [2.75, 3.05) is 24.4 Å². The minimum atomic E-state index is -4.00. The maximum Gasteiger partial charge on any atom is 0.270 e. The summed E-state index contributed by atoms with van der Waals surface area (Å²) in [5.74, 6) is -0.936. The molecule has 1 atom stereocenters. The molecule has 134 valence electrons. The van der Waals surface area contributed by atoms with Crippen molar-refractivity contribution >= 4 is 21.6 Å². The second-order valence-electron chi connectivity index (χ2n) is 5.89. The molecule has 1 saturated heterocycles. The predicted molar refractivity (Wildman–Crippen MR) is 91.4 cm³/mol. The van der Waals surface area contributed by atoms with Gasteiger partial charge in [0.2, 0.25) is 0 Å². The zero-order chi connectivity index (χ0) is 18.0. The van der Waals surface area contributed by atoms with Crippen LogP contribution in [-0.4, -0.2) is 49.9 Å². The summed E-state index contributed by atoms with van der Waals surface area (Å²) in [4.78, 5) is 16.8. The number of aromatic nitrogens is 1. The van der Waals surface area contributed by atoms with Gasteiger partial charge in [0.1, 0.15) is 16.4 Å². The van der Waals surface area contributed by atoms with E-state index in [4.69, 9.17) is 0 Å². The Morgan fingerprint density at radius 1 is 1.36 bits per heavy atom. The molecule has 1 aliphatic rings. The highest BCUT2D eigenvalue weighted by Gasteiger charge is 2.26. The van der Waals surface area contributed by atoms with Crippen molar-refractivity contribution < 1.29 is 17.6 Å². The Labute approximate surface area is 145 Å². The normalized spacial score (nSPS) is 18.2. The average Bonchev–Trinajstić information content (AvgIpc) is 3.08. The number of anilines is 1. The third-order valence-electron chi connectivity index (χ3n) is 4.08. The number of aromatic amines is 1. The number of rotatable bonds is 4. The van der Waals surface area contributed by atoms with Crippen molar-refractivity contribution in [3.8, 4) is 0 Å². The molecule has 1 aromatic heterocycles. The van der Waals surface area contributed by atoms with Crippen LogP contribution in [0.3, 0.4) is 0 Å². The van der Waals surface area contributed by atoms with Gasteiger partial charge in [-0.2, -0.15) is 0 Å². The van der Waals surface area contributed by atoms with Crippen LogP contribution >= 0.6 is 0 Å². The molecule has 1 fully saturated rings. The van der Waals surface area contributed by atoms with E-state index in [9.17, 15) is 17.6 Å². The van der Waals surface area contributed by atoms with E-state index < -0.39 is 15.8 Å². The van der Waals surface area contributed by atoms with E-state index in [1.807, 2.05) is 6.92 Å². The van der Waals surface area contributed by atoms with Crippen LogP contribution in [0.15, 0.2) is 41.4 Å². The molecule has 0 aliphatic carbocycles. The van der Waals surface area contributed by atoms with Crippen molar-refractivity contribution in [3.63, 3.8) is 0 Å². The lowest BCUT2D eigenvalue weighted by Crippen LogP contribution is -2.52. The number of hydrogen-bond acceptors (Lipinski definition) is 4. The van der Waals surface area contributed by atoms with Crippen molar-refractivity contribution in [1.82, 2.24) is 15.2 Å². The molecule has 0 unspecified atom stereocenters. The second kappa shape index (κ2) is 6.85. The summed E-state index contributed by atoms with van der Waals surface area (Å²) in [6.07, 6.45) is 1.23. The number of carbonyl (C=O) groups excluding carboxylic acids is 1. The third kappa shape index (κ3) is 3.67. The summed E-state index contributed by atoms with van der Waals surface area (Å²) in [5.41, 5.74) is 0.0370. The zero-order valence-corrected chi connectivity index (χ0v) is 14.4. The van der Waals surface area contributed by atoms with Gasteiger partial charge in [-0.05, 0) is 25.1 Å². The molecule has 0 spiro atoms. The molecule has 3 rings (SSSR count). The Bertz CT molecular complexity index is 881. The number of hydrogen-bond donors (Lipinski definition) is 3. The summed E-state index contributed by atoms with van der Waals surface area (Å²) in [7, 11) is -4.00. The SMILES string of the molecule is C[C@H]1CNCCN1C(=O)c1cc(S(=O)(=O)Nc2ccccc2F)c[nH]1. The maximum absolute atomic E-state index is 13.7. The Kier molecular flexibility index (Phi) is 4.78. The Hall–Kier alpha value is -2.39. The standard InChI is InChI=1S/C16H19FN4O3S/c1-11-9-18-6-7-21(11)16(22)15-8-12(10-19-15)25(23,24)20-14-5-3-2-4-13(14)17/h2-5,8,10-11,18-20H,6-7,9H2,1H3/t11-/m0/s1. The highest BCUT2D eigenvalue weighted by Crippen LogP contribution is 2.20. The highest BCUT2D eigenvalue weighted by atomic mass is 32.2. The summed E-state index contributed by atoms with van der Waals surface area (Å²) >= 11 is 0. The van der Waals surface area contributed by atoms with Crippen molar-refractivity contribution in [3.05, 3.63) is 48.0 Å². The topological polar surface area (TPSA) is 94.3 Å². The first-order valence-electron chi connectivity index (χ1n) is 7.86. The van der Waals surface area contributed by atoms with Crippen LogP contribution in [0.4, 0.5) is 10.1 Å². The predicted octanol–water partition coefficient (Wildman–Crippen LogP) is 1.39. The van der Waals surface area contributed by atoms with Gasteiger partial charge in [-0.25, -0.2) is 12.8 Å². The largest absolute Gasteiger partial charge is 0.356 e. The number of para-hydroxylation sites is 1.